The van der Waals surface area contributed by atoms with Crippen LogP contribution in [0.5, 0.6) is 11.5 Å². The molecule has 0 heterocycles. The van der Waals surface area contributed by atoms with Gasteiger partial charge in [-0.2, -0.15) is 0 Å². The normalized spacial score (nSPS) is 10.1. The molecule has 2 aromatic rings. The maximum atomic E-state index is 12.0. The smallest absolute Gasteiger partial charge is 0.314 e. The molecule has 10 heteroatoms. The molecule has 0 bridgehead atoms. The van der Waals surface area contributed by atoms with Crippen molar-refractivity contribution in [2.24, 2.45) is 0 Å². The number of nitrogens with one attached hydrogen (secondary N) is 1. The first kappa shape index (κ1) is 18.6. The zero-order valence-electron chi connectivity index (χ0n) is 13.9. The largest absolute Gasteiger partial charge is 0.496 e. The van der Waals surface area contributed by atoms with Gasteiger partial charge in [-0.25, -0.2) is 0 Å². The second kappa shape index (κ2) is 7.92. The fraction of sp³-hybridized carbons (Fsp3) is 0.188. The van der Waals surface area contributed by atoms with E-state index in [1.807, 2.05) is 0 Å². The predicted octanol–water partition coefficient (Wildman–Crippen LogP) is 2.84. The van der Waals surface area contributed by atoms with Gasteiger partial charge in [0.05, 0.1) is 28.7 Å². The summed E-state index contributed by atoms with van der Waals surface area (Å²) in [4.78, 5) is 32.7. The molecular formula is C16H15N3O7. The number of non-ortho nitro benzene ring substituents is 1. The summed E-state index contributed by atoms with van der Waals surface area (Å²) in [5.41, 5.74) is 0.373. The van der Waals surface area contributed by atoms with Crippen molar-refractivity contribution in [2.75, 3.05) is 19.0 Å². The highest BCUT2D eigenvalue weighted by Gasteiger charge is 2.18. The molecule has 1 amide bonds. The first-order valence-corrected chi connectivity index (χ1v) is 7.32. The summed E-state index contributed by atoms with van der Waals surface area (Å²) in [6.07, 6.45) is 0. The van der Waals surface area contributed by atoms with Crippen LogP contribution in [0.4, 0.5) is 17.1 Å². The zero-order valence-corrected chi connectivity index (χ0v) is 13.9. The fourth-order valence-corrected chi connectivity index (χ4v) is 2.08. The van der Waals surface area contributed by atoms with Crippen molar-refractivity contribution in [1.82, 2.24) is 0 Å². The third kappa shape index (κ3) is 4.44. The fourth-order valence-electron chi connectivity index (χ4n) is 2.08. The average Bonchev–Trinajstić information content (AvgIpc) is 2.61. The van der Waals surface area contributed by atoms with E-state index in [4.69, 9.17) is 9.47 Å². The number of aryl methyl sites for hydroxylation is 1. The van der Waals surface area contributed by atoms with Gasteiger partial charge in [0.15, 0.2) is 12.4 Å². The van der Waals surface area contributed by atoms with E-state index in [-0.39, 0.29) is 28.6 Å². The lowest BCUT2D eigenvalue weighted by Gasteiger charge is -2.10. The number of carbonyl (C=O) groups excluding carboxylic acids is 1. The highest BCUT2D eigenvalue weighted by atomic mass is 16.6. The molecule has 0 radical (unpaired) electrons. The van der Waals surface area contributed by atoms with Crippen LogP contribution in [0.2, 0.25) is 0 Å². The van der Waals surface area contributed by atoms with Crippen LogP contribution in [0.1, 0.15) is 5.56 Å². The molecule has 26 heavy (non-hydrogen) atoms. The van der Waals surface area contributed by atoms with E-state index in [0.29, 0.717) is 5.56 Å². The Morgan fingerprint density at radius 1 is 1.12 bits per heavy atom. The zero-order chi connectivity index (χ0) is 19.3. The van der Waals surface area contributed by atoms with E-state index < -0.39 is 22.4 Å². The van der Waals surface area contributed by atoms with Gasteiger partial charge in [0, 0.05) is 12.1 Å². The Balaban J connectivity index is 2.09. The Labute approximate surface area is 147 Å². The minimum Gasteiger partial charge on any atom is -0.496 e. The van der Waals surface area contributed by atoms with Crippen molar-refractivity contribution in [2.45, 2.75) is 6.92 Å². The number of nitro benzene ring substituents is 2. The molecule has 0 saturated carbocycles. The van der Waals surface area contributed by atoms with Crippen LogP contribution in [0.25, 0.3) is 0 Å². The highest BCUT2D eigenvalue weighted by molar-refractivity contribution is 5.93. The number of hydrogen-bond donors (Lipinski definition) is 1. The molecule has 0 atom stereocenters. The predicted molar refractivity (Wildman–Crippen MR) is 91.6 cm³/mol. The van der Waals surface area contributed by atoms with Gasteiger partial charge in [0.2, 0.25) is 0 Å². The Hall–Kier alpha value is -3.69. The summed E-state index contributed by atoms with van der Waals surface area (Å²) >= 11 is 0. The van der Waals surface area contributed by atoms with Gasteiger partial charge in [-0.1, -0.05) is 6.07 Å². The maximum Gasteiger partial charge on any atom is 0.314 e. The van der Waals surface area contributed by atoms with Crippen LogP contribution < -0.4 is 14.8 Å². The lowest BCUT2D eigenvalue weighted by Crippen LogP contribution is -2.21. The summed E-state index contributed by atoms with van der Waals surface area (Å²) in [7, 11) is 1.37. The van der Waals surface area contributed by atoms with E-state index in [0.717, 1.165) is 0 Å². The van der Waals surface area contributed by atoms with E-state index in [9.17, 15) is 25.0 Å². The molecule has 0 spiro atoms. The Kier molecular flexibility index (Phi) is 5.68. The Morgan fingerprint density at radius 3 is 2.46 bits per heavy atom. The van der Waals surface area contributed by atoms with Crippen LogP contribution in [0.15, 0.2) is 36.4 Å². The summed E-state index contributed by atoms with van der Waals surface area (Å²) in [5.74, 6) is -0.429. The Bertz CT molecular complexity index is 867. The topological polar surface area (TPSA) is 134 Å². The summed E-state index contributed by atoms with van der Waals surface area (Å²) < 4.78 is 10.1. The second-order valence-corrected chi connectivity index (χ2v) is 5.18. The van der Waals surface area contributed by atoms with Gasteiger partial charge in [-0.15, -0.1) is 0 Å². The van der Waals surface area contributed by atoms with E-state index in [2.05, 4.69) is 5.32 Å². The van der Waals surface area contributed by atoms with E-state index in [1.54, 1.807) is 6.92 Å². The van der Waals surface area contributed by atoms with Crippen LogP contribution in [-0.4, -0.2) is 29.5 Å². The van der Waals surface area contributed by atoms with Crippen LogP contribution in [0.3, 0.4) is 0 Å². The SMILES string of the molecule is COc1ccc(OCC(=O)Nc2cc([N+](=O)[O-])ccc2C)c([N+](=O)[O-])c1. The molecule has 0 aliphatic carbocycles. The molecule has 0 aromatic heterocycles. The minimum absolute atomic E-state index is 0.0956. The molecule has 2 rings (SSSR count). The summed E-state index contributed by atoms with van der Waals surface area (Å²) in [6, 6.07) is 8.01. The lowest BCUT2D eigenvalue weighted by atomic mass is 10.2. The van der Waals surface area contributed by atoms with Crippen molar-refractivity contribution < 1.29 is 24.1 Å². The first-order chi connectivity index (χ1) is 12.3. The van der Waals surface area contributed by atoms with Gasteiger partial charge in [0.1, 0.15) is 5.75 Å². The Morgan fingerprint density at radius 2 is 1.85 bits per heavy atom. The number of hydrogen-bond acceptors (Lipinski definition) is 7. The monoisotopic (exact) mass is 361 g/mol. The number of nitrogens with zero attached hydrogens (tertiary/aromatic N) is 2. The van der Waals surface area contributed by atoms with Crippen LogP contribution >= 0.6 is 0 Å². The molecule has 10 nitrogen and oxygen atoms in total. The maximum absolute atomic E-state index is 12.0. The number of amides is 1. The molecule has 1 N–H and O–H groups in total. The van der Waals surface area contributed by atoms with Gasteiger partial charge in [-0.05, 0) is 24.6 Å². The standard InChI is InChI=1S/C16H15N3O7/c1-10-3-4-11(18(21)22)7-13(10)17-16(20)9-26-15-6-5-12(25-2)8-14(15)19(23)24/h3-8H,9H2,1-2H3,(H,17,20). The van der Waals surface area contributed by atoms with Crippen molar-refractivity contribution >= 4 is 23.0 Å². The molecule has 0 unspecified atom stereocenters. The molecule has 2 aromatic carbocycles. The number of methoxy groups -OCH3 is 1. The van der Waals surface area contributed by atoms with Gasteiger partial charge in [-0.3, -0.25) is 25.0 Å². The third-order valence-electron chi connectivity index (χ3n) is 3.43. The van der Waals surface area contributed by atoms with Crippen LogP contribution in [-0.2, 0) is 4.79 Å². The van der Waals surface area contributed by atoms with Gasteiger partial charge < -0.3 is 14.8 Å². The van der Waals surface area contributed by atoms with Crippen molar-refractivity contribution in [1.29, 1.82) is 0 Å². The van der Waals surface area contributed by atoms with Crippen molar-refractivity contribution in [3.8, 4) is 11.5 Å². The minimum atomic E-state index is -0.652. The quantitative estimate of drug-likeness (QED) is 0.592. The second-order valence-electron chi connectivity index (χ2n) is 5.18. The van der Waals surface area contributed by atoms with Crippen molar-refractivity contribution in [3.63, 3.8) is 0 Å². The van der Waals surface area contributed by atoms with Crippen molar-refractivity contribution in [3.05, 3.63) is 62.2 Å². The number of rotatable bonds is 7. The molecular weight excluding hydrogens is 346 g/mol. The number of nitro groups is 2. The van der Waals surface area contributed by atoms with Gasteiger partial charge in [0.25, 0.3) is 11.6 Å². The molecule has 0 aliphatic heterocycles. The number of ether oxygens (including phenoxy) is 2. The third-order valence-corrected chi connectivity index (χ3v) is 3.43. The van der Waals surface area contributed by atoms with E-state index in [1.165, 1.54) is 43.5 Å². The number of benzene rings is 2. The molecule has 0 fully saturated rings. The van der Waals surface area contributed by atoms with Gasteiger partial charge >= 0.3 is 5.69 Å². The highest BCUT2D eigenvalue weighted by Crippen LogP contribution is 2.31. The number of carbonyl (C=O) groups is 1. The average molecular weight is 361 g/mol. The number of anilines is 1. The summed E-state index contributed by atoms with van der Waals surface area (Å²) in [5, 5.41) is 24.4. The van der Waals surface area contributed by atoms with Crippen LogP contribution in [0, 0.1) is 27.2 Å². The molecule has 0 saturated heterocycles. The van der Waals surface area contributed by atoms with E-state index >= 15 is 0 Å². The first-order valence-electron chi connectivity index (χ1n) is 7.32. The summed E-state index contributed by atoms with van der Waals surface area (Å²) in [6.45, 7) is 1.17. The lowest BCUT2D eigenvalue weighted by molar-refractivity contribution is -0.385. The molecule has 136 valence electrons. The molecule has 0 aliphatic rings.